The number of esters is 1. The third kappa shape index (κ3) is 3.28. The molecule has 3 unspecified atom stereocenters. The summed E-state index contributed by atoms with van der Waals surface area (Å²) in [5.74, 6) is -4.27. The number of cyclic esters (lactones) is 1. The predicted molar refractivity (Wildman–Crippen MR) is 71.5 cm³/mol. The second kappa shape index (κ2) is 6.35. The molecule has 0 bridgehead atoms. The zero-order chi connectivity index (χ0) is 14.8. The number of nitrogens with two attached hydrogens (primary N) is 1. The maximum Gasteiger partial charge on any atom is 0.377 e. The maximum absolute atomic E-state index is 13.2. The fourth-order valence-corrected chi connectivity index (χ4v) is 3.45. The van der Waals surface area contributed by atoms with Gasteiger partial charge in [0.1, 0.15) is 6.10 Å². The molecule has 1 aliphatic carbocycles. The number of likely N-dealkylation sites (N-methyl/N-ethyl adjacent to an activating group) is 1. The van der Waals surface area contributed by atoms with E-state index in [1.165, 1.54) is 6.42 Å². The quantitative estimate of drug-likeness (QED) is 0.784. The molecule has 0 aromatic rings. The highest BCUT2D eigenvalue weighted by Crippen LogP contribution is 2.33. The van der Waals surface area contributed by atoms with Gasteiger partial charge >= 0.3 is 11.9 Å². The number of hydrogen-bond donors (Lipinski definition) is 1. The minimum atomic E-state index is -3.32. The van der Waals surface area contributed by atoms with Gasteiger partial charge in [0.15, 0.2) is 0 Å². The zero-order valence-corrected chi connectivity index (χ0v) is 12.0. The van der Waals surface area contributed by atoms with Crippen LogP contribution in [0.5, 0.6) is 0 Å². The Morgan fingerprint density at radius 3 is 2.65 bits per heavy atom. The molecule has 1 saturated carbocycles. The van der Waals surface area contributed by atoms with Crippen molar-refractivity contribution in [1.29, 1.82) is 0 Å². The third-order valence-electron chi connectivity index (χ3n) is 4.54. The lowest BCUT2D eigenvalue weighted by Gasteiger charge is -2.40. The van der Waals surface area contributed by atoms with Gasteiger partial charge in [0.2, 0.25) is 0 Å². The molecule has 0 aromatic heterocycles. The summed E-state index contributed by atoms with van der Waals surface area (Å²) in [4.78, 5) is 13.2. The summed E-state index contributed by atoms with van der Waals surface area (Å²) in [6.45, 7) is 3.79. The highest BCUT2D eigenvalue weighted by Gasteiger charge is 2.51. The lowest BCUT2D eigenvalue weighted by atomic mass is 9.83. The molecule has 2 fully saturated rings. The van der Waals surface area contributed by atoms with E-state index in [0.717, 1.165) is 25.8 Å². The lowest BCUT2D eigenvalue weighted by molar-refractivity contribution is -0.159. The Bertz CT molecular complexity index is 352. The first-order chi connectivity index (χ1) is 9.47. The van der Waals surface area contributed by atoms with Crippen LogP contribution in [0, 0.1) is 5.92 Å². The van der Waals surface area contributed by atoms with Crippen LogP contribution in [0.2, 0.25) is 0 Å². The van der Waals surface area contributed by atoms with E-state index in [0.29, 0.717) is 25.0 Å². The molecule has 2 aliphatic rings. The summed E-state index contributed by atoms with van der Waals surface area (Å²) >= 11 is 0. The van der Waals surface area contributed by atoms with Gasteiger partial charge in [-0.1, -0.05) is 19.8 Å². The monoisotopic (exact) mass is 290 g/mol. The number of hydrogen-bond acceptors (Lipinski definition) is 4. The van der Waals surface area contributed by atoms with Crippen molar-refractivity contribution in [2.24, 2.45) is 11.7 Å². The van der Waals surface area contributed by atoms with Crippen LogP contribution in [0.15, 0.2) is 0 Å². The lowest BCUT2D eigenvalue weighted by Crippen LogP contribution is -2.47. The van der Waals surface area contributed by atoms with E-state index in [-0.39, 0.29) is 0 Å². The first-order valence-corrected chi connectivity index (χ1v) is 7.51. The van der Waals surface area contributed by atoms with Gasteiger partial charge in [-0.15, -0.1) is 0 Å². The van der Waals surface area contributed by atoms with Gasteiger partial charge in [-0.25, -0.2) is 4.79 Å². The average molecular weight is 290 g/mol. The van der Waals surface area contributed by atoms with E-state index >= 15 is 0 Å². The molecule has 3 atom stereocenters. The van der Waals surface area contributed by atoms with Gasteiger partial charge in [-0.2, -0.15) is 8.78 Å². The molecule has 0 amide bonds. The van der Waals surface area contributed by atoms with E-state index in [4.69, 9.17) is 10.5 Å². The van der Waals surface area contributed by atoms with Gasteiger partial charge < -0.3 is 10.5 Å². The smallest absolute Gasteiger partial charge is 0.377 e. The Hall–Kier alpha value is -0.750. The van der Waals surface area contributed by atoms with Crippen molar-refractivity contribution in [3.63, 3.8) is 0 Å². The van der Waals surface area contributed by atoms with Crippen molar-refractivity contribution in [3.05, 3.63) is 0 Å². The van der Waals surface area contributed by atoms with Gasteiger partial charge in [-0.05, 0) is 31.8 Å². The first-order valence-electron chi connectivity index (χ1n) is 7.51. The van der Waals surface area contributed by atoms with Crippen LogP contribution in [0.1, 0.15) is 39.0 Å². The SMILES string of the molecule is CCN(CC1CC(F)(F)C(=O)O1)C1CCCCC1CN. The molecule has 0 aromatic carbocycles. The normalized spacial score (nSPS) is 33.5. The fourth-order valence-electron chi connectivity index (χ4n) is 3.45. The third-order valence-corrected chi connectivity index (χ3v) is 4.54. The van der Waals surface area contributed by atoms with Crippen molar-refractivity contribution in [2.45, 2.75) is 57.1 Å². The Morgan fingerprint density at radius 1 is 1.40 bits per heavy atom. The molecule has 0 radical (unpaired) electrons. The first kappa shape index (κ1) is 15.6. The van der Waals surface area contributed by atoms with Crippen LogP contribution in [0.3, 0.4) is 0 Å². The Balaban J connectivity index is 1.97. The zero-order valence-electron chi connectivity index (χ0n) is 12.0. The molecule has 6 heteroatoms. The number of alkyl halides is 2. The summed E-state index contributed by atoms with van der Waals surface area (Å²) in [6, 6.07) is 0.326. The summed E-state index contributed by atoms with van der Waals surface area (Å²) in [6.07, 6.45) is 3.29. The van der Waals surface area contributed by atoms with Crippen LogP contribution >= 0.6 is 0 Å². The summed E-state index contributed by atoms with van der Waals surface area (Å²) in [7, 11) is 0. The summed E-state index contributed by atoms with van der Waals surface area (Å²) < 4.78 is 31.2. The number of halogens is 2. The molecule has 0 spiro atoms. The highest BCUT2D eigenvalue weighted by atomic mass is 19.3. The minimum Gasteiger partial charge on any atom is -0.456 e. The Morgan fingerprint density at radius 2 is 2.10 bits per heavy atom. The molecular formula is C14H24F2N2O2. The molecule has 2 rings (SSSR count). The summed E-state index contributed by atoms with van der Waals surface area (Å²) in [5.41, 5.74) is 5.83. The van der Waals surface area contributed by atoms with Gasteiger partial charge in [0, 0.05) is 12.6 Å². The molecule has 4 nitrogen and oxygen atoms in total. The molecule has 1 aliphatic heterocycles. The topological polar surface area (TPSA) is 55.6 Å². The number of carbonyl (C=O) groups is 1. The number of ether oxygens (including phenoxy) is 1. The molecule has 2 N–H and O–H groups in total. The maximum atomic E-state index is 13.2. The van der Waals surface area contributed by atoms with Gasteiger partial charge in [0.05, 0.1) is 6.42 Å². The number of rotatable bonds is 5. The molecule has 1 heterocycles. The molecule has 1 saturated heterocycles. The Labute approximate surface area is 118 Å². The fraction of sp³-hybridized carbons (Fsp3) is 0.929. The van der Waals surface area contributed by atoms with Crippen molar-refractivity contribution in [2.75, 3.05) is 19.6 Å². The highest BCUT2D eigenvalue weighted by molar-refractivity contribution is 5.79. The van der Waals surface area contributed by atoms with E-state index in [1.54, 1.807) is 0 Å². The molecule has 116 valence electrons. The predicted octanol–water partition coefficient (Wildman–Crippen LogP) is 1.78. The van der Waals surface area contributed by atoms with Crippen molar-refractivity contribution < 1.29 is 18.3 Å². The summed E-state index contributed by atoms with van der Waals surface area (Å²) in [5, 5.41) is 0. The second-order valence-electron chi connectivity index (χ2n) is 5.87. The van der Waals surface area contributed by atoms with Crippen LogP contribution in [0.25, 0.3) is 0 Å². The van der Waals surface area contributed by atoms with Crippen LogP contribution < -0.4 is 5.73 Å². The second-order valence-corrected chi connectivity index (χ2v) is 5.87. The van der Waals surface area contributed by atoms with E-state index < -0.39 is 24.4 Å². The van der Waals surface area contributed by atoms with E-state index in [2.05, 4.69) is 4.90 Å². The van der Waals surface area contributed by atoms with E-state index in [9.17, 15) is 13.6 Å². The average Bonchev–Trinajstić information content (AvgIpc) is 2.69. The minimum absolute atomic E-state index is 0.326. The van der Waals surface area contributed by atoms with Gasteiger partial charge in [0.25, 0.3) is 0 Å². The number of nitrogens with zero attached hydrogens (tertiary/aromatic N) is 1. The van der Waals surface area contributed by atoms with Gasteiger partial charge in [-0.3, -0.25) is 4.90 Å². The number of carbonyl (C=O) groups excluding carboxylic acids is 1. The van der Waals surface area contributed by atoms with E-state index in [1.807, 2.05) is 6.92 Å². The largest absolute Gasteiger partial charge is 0.456 e. The Kier molecular flexibility index (Phi) is 4.96. The van der Waals surface area contributed by atoms with Crippen LogP contribution in [-0.2, 0) is 9.53 Å². The van der Waals surface area contributed by atoms with Crippen molar-refractivity contribution in [1.82, 2.24) is 4.90 Å². The van der Waals surface area contributed by atoms with Crippen LogP contribution in [-0.4, -0.2) is 48.6 Å². The standard InChI is InChI=1S/C14H24F2N2O2/c1-2-18(12-6-4-3-5-10(12)8-17)9-11-7-14(15,16)13(19)20-11/h10-12H,2-9,17H2,1H3. The molecule has 20 heavy (non-hydrogen) atoms. The molecular weight excluding hydrogens is 266 g/mol. The van der Waals surface area contributed by atoms with Crippen molar-refractivity contribution in [3.8, 4) is 0 Å². The van der Waals surface area contributed by atoms with Crippen molar-refractivity contribution >= 4 is 5.97 Å². The van der Waals surface area contributed by atoms with Crippen LogP contribution in [0.4, 0.5) is 8.78 Å².